The maximum absolute atomic E-state index is 11.8. The number of nitrogen functional groups attached to an aromatic ring is 1. The zero-order chi connectivity index (χ0) is 14.7. The second kappa shape index (κ2) is 5.79. The lowest BCUT2D eigenvalue weighted by Crippen LogP contribution is -2.14. The molecule has 0 saturated heterocycles. The smallest absolute Gasteiger partial charge is 0.281 e. The number of amides is 1. The lowest BCUT2D eigenvalue weighted by atomic mass is 10.3. The molecule has 0 saturated carbocycles. The molecule has 8 heteroatoms. The average molecular weight is 297 g/mol. The minimum Gasteiger partial charge on any atom is -0.489 e. The zero-order valence-electron chi connectivity index (χ0n) is 10.9. The van der Waals surface area contributed by atoms with E-state index in [1.54, 1.807) is 18.2 Å². The van der Waals surface area contributed by atoms with Crippen LogP contribution >= 0.6 is 11.6 Å². The summed E-state index contributed by atoms with van der Waals surface area (Å²) in [5, 5.41) is 9.72. The summed E-state index contributed by atoms with van der Waals surface area (Å²) in [4.78, 5) is 11.8. The molecule has 2 aromatic rings. The van der Waals surface area contributed by atoms with Gasteiger partial charge in [-0.3, -0.25) is 4.79 Å². The number of carbonyl (C=O) groups excluding carboxylic acids is 1. The molecule has 106 valence electrons. The molecular formula is C12H13ClN4O3. The van der Waals surface area contributed by atoms with Crippen LogP contribution in [0, 0.1) is 0 Å². The molecule has 0 spiro atoms. The Morgan fingerprint density at radius 2 is 2.20 bits per heavy atom. The van der Waals surface area contributed by atoms with E-state index in [4.69, 9.17) is 22.1 Å². The number of hydrogen-bond acceptors (Lipinski definition) is 6. The first-order valence-corrected chi connectivity index (χ1v) is 6.20. The highest BCUT2D eigenvalue weighted by Crippen LogP contribution is 2.28. The molecule has 1 aromatic carbocycles. The summed E-state index contributed by atoms with van der Waals surface area (Å²) >= 11 is 6.07. The molecule has 3 N–H and O–H groups in total. The summed E-state index contributed by atoms with van der Waals surface area (Å²) in [5.74, 6) is -0.0621. The number of nitrogens with one attached hydrogen (secondary N) is 1. The van der Waals surface area contributed by atoms with Crippen LogP contribution in [0.15, 0.2) is 22.8 Å². The van der Waals surface area contributed by atoms with E-state index in [-0.39, 0.29) is 17.6 Å². The van der Waals surface area contributed by atoms with Crippen LogP contribution in [0.1, 0.15) is 24.3 Å². The molecule has 0 radical (unpaired) electrons. The van der Waals surface area contributed by atoms with Gasteiger partial charge < -0.3 is 15.8 Å². The van der Waals surface area contributed by atoms with E-state index in [0.29, 0.717) is 16.5 Å². The Labute approximate surface area is 120 Å². The van der Waals surface area contributed by atoms with Gasteiger partial charge in [0.15, 0.2) is 0 Å². The summed E-state index contributed by atoms with van der Waals surface area (Å²) in [6.07, 6.45) is 0.00828. The number of rotatable bonds is 4. The Morgan fingerprint density at radius 3 is 2.75 bits per heavy atom. The van der Waals surface area contributed by atoms with Crippen LogP contribution < -0.4 is 15.8 Å². The fourth-order valence-corrected chi connectivity index (χ4v) is 1.70. The zero-order valence-corrected chi connectivity index (χ0v) is 11.6. The Kier molecular flexibility index (Phi) is 4.09. The van der Waals surface area contributed by atoms with Crippen molar-refractivity contribution in [3.63, 3.8) is 0 Å². The van der Waals surface area contributed by atoms with Crippen LogP contribution in [0.25, 0.3) is 0 Å². The van der Waals surface area contributed by atoms with E-state index < -0.39 is 5.91 Å². The van der Waals surface area contributed by atoms with Crippen LogP contribution in [-0.4, -0.2) is 22.3 Å². The highest BCUT2D eigenvalue weighted by atomic mass is 35.5. The Morgan fingerprint density at radius 1 is 1.45 bits per heavy atom. The SMILES string of the molecule is CC(C)Oc1ccc(NC(=O)c2nonc2N)cc1Cl. The first kappa shape index (κ1) is 14.1. The van der Waals surface area contributed by atoms with Crippen molar-refractivity contribution >= 4 is 29.0 Å². The molecule has 1 aromatic heterocycles. The number of nitrogens with two attached hydrogens (primary N) is 1. The molecule has 0 unspecified atom stereocenters. The number of nitrogens with zero attached hydrogens (tertiary/aromatic N) is 2. The number of aromatic nitrogens is 2. The van der Waals surface area contributed by atoms with Crippen molar-refractivity contribution in [2.75, 3.05) is 11.1 Å². The minimum absolute atomic E-state index is 0.00828. The van der Waals surface area contributed by atoms with Gasteiger partial charge in [0.2, 0.25) is 11.5 Å². The summed E-state index contributed by atoms with van der Waals surface area (Å²) in [6.45, 7) is 3.79. The average Bonchev–Trinajstić information content (AvgIpc) is 2.78. The van der Waals surface area contributed by atoms with E-state index in [9.17, 15) is 4.79 Å². The standard InChI is InChI=1S/C12H13ClN4O3/c1-6(2)19-9-4-3-7(5-8(9)13)15-12(18)10-11(14)17-20-16-10/h3-6H,1-2H3,(H2,14,17)(H,15,18). The first-order chi connectivity index (χ1) is 9.47. The predicted octanol–water partition coefficient (Wildman–Crippen LogP) is 2.34. The fourth-order valence-electron chi connectivity index (χ4n) is 1.47. The third-order valence-electron chi connectivity index (χ3n) is 2.28. The van der Waals surface area contributed by atoms with E-state index in [1.165, 1.54) is 0 Å². The lowest BCUT2D eigenvalue weighted by Gasteiger charge is -2.12. The molecule has 0 aliphatic heterocycles. The van der Waals surface area contributed by atoms with E-state index >= 15 is 0 Å². The van der Waals surface area contributed by atoms with E-state index in [1.807, 2.05) is 13.8 Å². The van der Waals surface area contributed by atoms with Crippen LogP contribution in [0.3, 0.4) is 0 Å². The second-order valence-corrected chi connectivity index (χ2v) is 4.67. The highest BCUT2D eigenvalue weighted by molar-refractivity contribution is 6.32. The molecule has 0 atom stereocenters. The second-order valence-electron chi connectivity index (χ2n) is 4.26. The number of hydrogen-bond donors (Lipinski definition) is 2. The van der Waals surface area contributed by atoms with Gasteiger partial charge in [-0.1, -0.05) is 11.6 Å². The predicted molar refractivity (Wildman–Crippen MR) is 73.9 cm³/mol. The lowest BCUT2D eigenvalue weighted by molar-refractivity contribution is 0.101. The van der Waals surface area contributed by atoms with Gasteiger partial charge in [-0.25, -0.2) is 4.63 Å². The number of carbonyl (C=O) groups is 1. The molecule has 1 amide bonds. The number of anilines is 2. The van der Waals surface area contributed by atoms with Gasteiger partial charge in [0.05, 0.1) is 11.1 Å². The topological polar surface area (TPSA) is 103 Å². The molecular weight excluding hydrogens is 284 g/mol. The number of benzene rings is 1. The summed E-state index contributed by atoms with van der Waals surface area (Å²) in [7, 11) is 0. The highest BCUT2D eigenvalue weighted by Gasteiger charge is 2.16. The van der Waals surface area contributed by atoms with Gasteiger partial charge in [0.1, 0.15) is 5.75 Å². The Balaban J connectivity index is 2.13. The molecule has 0 aliphatic carbocycles. The first-order valence-electron chi connectivity index (χ1n) is 5.83. The third-order valence-corrected chi connectivity index (χ3v) is 2.58. The quantitative estimate of drug-likeness (QED) is 0.897. The van der Waals surface area contributed by atoms with Crippen molar-refractivity contribution in [3.8, 4) is 5.75 Å². The van der Waals surface area contributed by atoms with Crippen molar-refractivity contribution < 1.29 is 14.2 Å². The normalized spacial score (nSPS) is 10.6. The maximum Gasteiger partial charge on any atom is 0.281 e. The van der Waals surface area contributed by atoms with Crippen LogP contribution in [0.2, 0.25) is 5.02 Å². The molecule has 0 aliphatic rings. The summed E-state index contributed by atoms with van der Waals surface area (Å²) in [5.41, 5.74) is 5.83. The van der Waals surface area contributed by atoms with E-state index in [0.717, 1.165) is 0 Å². The monoisotopic (exact) mass is 296 g/mol. The minimum atomic E-state index is -0.530. The van der Waals surface area contributed by atoms with Gasteiger partial charge in [-0.15, -0.1) is 0 Å². The number of ether oxygens (including phenoxy) is 1. The van der Waals surface area contributed by atoms with Crippen molar-refractivity contribution in [2.24, 2.45) is 0 Å². The largest absolute Gasteiger partial charge is 0.489 e. The molecule has 1 heterocycles. The third kappa shape index (κ3) is 3.18. The molecule has 0 bridgehead atoms. The summed E-state index contributed by atoms with van der Waals surface area (Å²) < 4.78 is 9.85. The molecule has 2 rings (SSSR count). The molecule has 20 heavy (non-hydrogen) atoms. The van der Waals surface area contributed by atoms with Crippen molar-refractivity contribution in [3.05, 3.63) is 28.9 Å². The Bertz CT molecular complexity index is 627. The van der Waals surface area contributed by atoms with E-state index in [2.05, 4.69) is 20.3 Å². The van der Waals surface area contributed by atoms with Gasteiger partial charge in [0.25, 0.3) is 5.91 Å². The fraction of sp³-hybridized carbons (Fsp3) is 0.250. The van der Waals surface area contributed by atoms with Gasteiger partial charge >= 0.3 is 0 Å². The summed E-state index contributed by atoms with van der Waals surface area (Å²) in [6, 6.07) is 4.90. The van der Waals surface area contributed by atoms with Crippen LogP contribution in [-0.2, 0) is 0 Å². The van der Waals surface area contributed by atoms with Crippen LogP contribution in [0.5, 0.6) is 5.75 Å². The van der Waals surface area contributed by atoms with Gasteiger partial charge in [-0.2, -0.15) is 0 Å². The van der Waals surface area contributed by atoms with Gasteiger partial charge in [0, 0.05) is 5.69 Å². The molecule has 0 fully saturated rings. The van der Waals surface area contributed by atoms with Gasteiger partial charge in [-0.05, 0) is 42.4 Å². The van der Waals surface area contributed by atoms with Crippen molar-refractivity contribution in [1.29, 1.82) is 0 Å². The van der Waals surface area contributed by atoms with Crippen molar-refractivity contribution in [2.45, 2.75) is 20.0 Å². The molecule has 7 nitrogen and oxygen atoms in total. The van der Waals surface area contributed by atoms with Crippen molar-refractivity contribution in [1.82, 2.24) is 10.3 Å². The maximum atomic E-state index is 11.8. The number of halogens is 1. The van der Waals surface area contributed by atoms with Crippen LogP contribution in [0.4, 0.5) is 11.5 Å². The Hall–Kier alpha value is -2.28.